The highest BCUT2D eigenvalue weighted by Crippen LogP contribution is 2.41. The number of rotatable bonds is 7. The minimum atomic E-state index is -1.46. The van der Waals surface area contributed by atoms with Crippen molar-refractivity contribution < 1.29 is 27.3 Å². The fraction of sp³-hybridized carbons (Fsp3) is 0.652. The van der Waals surface area contributed by atoms with Gasteiger partial charge in [-0.15, -0.1) is 4.72 Å². The SMILES string of the molecule is CC(=O)NCC(=O)N1[C@@H]2CC[C@H]1CC([C@H](Cc1cc(F)c(F)cc1F)N[S+]([O-])C(C)(C)C)C2. The number of nitrogens with one attached hydrogen (secondary N) is 2. The van der Waals surface area contributed by atoms with Crippen LogP contribution in [-0.2, 0) is 27.4 Å². The van der Waals surface area contributed by atoms with E-state index >= 15 is 0 Å². The van der Waals surface area contributed by atoms with Crippen LogP contribution in [0, 0.1) is 23.4 Å². The first kappa shape index (κ1) is 25.8. The molecule has 0 spiro atoms. The highest BCUT2D eigenvalue weighted by Gasteiger charge is 2.46. The van der Waals surface area contributed by atoms with Gasteiger partial charge in [0.2, 0.25) is 11.8 Å². The average Bonchev–Trinajstić information content (AvgIpc) is 2.98. The molecule has 2 fully saturated rings. The van der Waals surface area contributed by atoms with Crippen LogP contribution in [0.25, 0.3) is 0 Å². The fourth-order valence-electron chi connectivity index (χ4n) is 4.82. The van der Waals surface area contributed by atoms with Gasteiger partial charge in [-0.1, -0.05) is 0 Å². The molecule has 2 unspecified atom stereocenters. The lowest BCUT2D eigenvalue weighted by atomic mass is 9.82. The van der Waals surface area contributed by atoms with Crippen molar-refractivity contribution in [1.29, 1.82) is 0 Å². The maximum absolute atomic E-state index is 14.4. The zero-order valence-corrected chi connectivity index (χ0v) is 20.2. The van der Waals surface area contributed by atoms with Crippen LogP contribution in [0.15, 0.2) is 12.1 Å². The smallest absolute Gasteiger partial charge is 0.242 e. The van der Waals surface area contributed by atoms with Gasteiger partial charge < -0.3 is 14.8 Å². The molecule has 0 aromatic heterocycles. The van der Waals surface area contributed by atoms with Crippen LogP contribution in [0.3, 0.4) is 0 Å². The van der Waals surface area contributed by atoms with Crippen molar-refractivity contribution in [2.45, 2.75) is 82.7 Å². The molecule has 2 N–H and O–H groups in total. The molecule has 2 aliphatic heterocycles. The molecule has 2 heterocycles. The van der Waals surface area contributed by atoms with Crippen LogP contribution in [0.2, 0.25) is 0 Å². The van der Waals surface area contributed by atoms with E-state index in [-0.39, 0.29) is 48.3 Å². The normalized spacial score (nSPS) is 24.5. The largest absolute Gasteiger partial charge is 0.598 e. The van der Waals surface area contributed by atoms with Gasteiger partial charge in [0.1, 0.15) is 10.6 Å². The van der Waals surface area contributed by atoms with Crippen LogP contribution in [0.1, 0.15) is 58.9 Å². The van der Waals surface area contributed by atoms with E-state index in [1.54, 1.807) is 0 Å². The lowest BCUT2D eigenvalue weighted by Crippen LogP contribution is -2.55. The van der Waals surface area contributed by atoms with E-state index in [4.69, 9.17) is 0 Å². The Balaban J connectivity index is 1.80. The Bertz CT molecular complexity index is 882. The number of hydrogen-bond donors (Lipinski definition) is 2. The molecule has 1 aromatic carbocycles. The van der Waals surface area contributed by atoms with Gasteiger partial charge in [-0.05, 0) is 70.4 Å². The number of fused-ring (bicyclic) bond motifs is 2. The molecule has 10 heteroatoms. The molecule has 0 radical (unpaired) electrons. The molecule has 2 bridgehead atoms. The second-order valence-corrected chi connectivity index (χ2v) is 12.0. The number of benzene rings is 1. The molecule has 2 saturated heterocycles. The third-order valence-electron chi connectivity index (χ3n) is 6.46. The van der Waals surface area contributed by atoms with Crippen molar-refractivity contribution in [3.05, 3.63) is 35.1 Å². The van der Waals surface area contributed by atoms with Gasteiger partial charge in [0.25, 0.3) is 0 Å². The zero-order chi connectivity index (χ0) is 24.5. The predicted octanol–water partition coefficient (Wildman–Crippen LogP) is 2.97. The predicted molar refractivity (Wildman–Crippen MR) is 120 cm³/mol. The van der Waals surface area contributed by atoms with Crippen molar-refractivity contribution in [2.75, 3.05) is 6.54 Å². The number of hydrogen-bond acceptors (Lipinski definition) is 4. The third-order valence-corrected chi connectivity index (χ3v) is 8.09. The van der Waals surface area contributed by atoms with Crippen molar-refractivity contribution in [2.24, 2.45) is 5.92 Å². The lowest BCUT2D eigenvalue weighted by Gasteiger charge is -2.42. The topological polar surface area (TPSA) is 84.5 Å². The number of carbonyl (C=O) groups excluding carboxylic acids is 2. The summed E-state index contributed by atoms with van der Waals surface area (Å²) in [4.78, 5) is 25.7. The molecular formula is C23H32F3N3O3S. The fourth-order valence-corrected chi connectivity index (χ4v) is 5.73. The highest BCUT2D eigenvalue weighted by molar-refractivity contribution is 7.90. The maximum Gasteiger partial charge on any atom is 0.242 e. The third kappa shape index (κ3) is 6.22. The Hall–Kier alpha value is -1.78. The first-order valence-electron chi connectivity index (χ1n) is 11.2. The first-order chi connectivity index (χ1) is 15.4. The van der Waals surface area contributed by atoms with Gasteiger partial charge in [-0.3, -0.25) is 9.59 Å². The van der Waals surface area contributed by atoms with E-state index < -0.39 is 39.6 Å². The molecule has 184 valence electrons. The minimum Gasteiger partial charge on any atom is -0.598 e. The van der Waals surface area contributed by atoms with Gasteiger partial charge in [0, 0.05) is 36.4 Å². The molecule has 5 atom stereocenters. The van der Waals surface area contributed by atoms with Gasteiger partial charge in [-0.25, -0.2) is 13.2 Å². The molecule has 0 saturated carbocycles. The molecule has 2 amide bonds. The molecule has 2 aliphatic rings. The van der Waals surface area contributed by atoms with Crippen LogP contribution in [-0.4, -0.2) is 50.7 Å². The molecule has 6 nitrogen and oxygen atoms in total. The summed E-state index contributed by atoms with van der Waals surface area (Å²) < 4.78 is 57.1. The number of carbonyl (C=O) groups is 2. The van der Waals surface area contributed by atoms with Crippen LogP contribution >= 0.6 is 0 Å². The Morgan fingerprint density at radius 2 is 1.70 bits per heavy atom. The van der Waals surface area contributed by atoms with Gasteiger partial charge in [-0.2, -0.15) is 0 Å². The first-order valence-corrected chi connectivity index (χ1v) is 12.4. The number of nitrogens with zero attached hydrogens (tertiary/aromatic N) is 1. The summed E-state index contributed by atoms with van der Waals surface area (Å²) in [6.07, 6.45) is 2.93. The van der Waals surface area contributed by atoms with Gasteiger partial charge in [0.05, 0.1) is 12.6 Å². The van der Waals surface area contributed by atoms with Crippen molar-refractivity contribution in [3.8, 4) is 0 Å². The summed E-state index contributed by atoms with van der Waals surface area (Å²) in [5.74, 6) is -3.65. The summed E-state index contributed by atoms with van der Waals surface area (Å²) in [5, 5.41) is 2.55. The minimum absolute atomic E-state index is 0.0221. The van der Waals surface area contributed by atoms with Crippen LogP contribution < -0.4 is 10.0 Å². The monoisotopic (exact) mass is 487 g/mol. The van der Waals surface area contributed by atoms with E-state index in [2.05, 4.69) is 10.0 Å². The summed E-state index contributed by atoms with van der Waals surface area (Å²) in [5.41, 5.74) is 0.0221. The van der Waals surface area contributed by atoms with E-state index in [0.717, 1.165) is 18.9 Å². The molecule has 33 heavy (non-hydrogen) atoms. The number of amides is 2. The van der Waals surface area contributed by atoms with E-state index in [1.165, 1.54) is 6.92 Å². The second-order valence-electron chi connectivity index (χ2n) is 9.99. The summed E-state index contributed by atoms with van der Waals surface area (Å²) >= 11 is -1.46. The summed E-state index contributed by atoms with van der Waals surface area (Å²) in [7, 11) is 0. The molecule has 3 rings (SSSR count). The van der Waals surface area contributed by atoms with E-state index in [1.807, 2.05) is 25.7 Å². The number of halogens is 3. The highest BCUT2D eigenvalue weighted by atomic mass is 32.2. The molecule has 1 aromatic rings. The number of piperidine rings is 1. The lowest BCUT2D eigenvalue weighted by molar-refractivity contribution is -0.137. The van der Waals surface area contributed by atoms with Crippen LogP contribution in [0.5, 0.6) is 0 Å². The van der Waals surface area contributed by atoms with E-state index in [0.29, 0.717) is 18.9 Å². The average molecular weight is 488 g/mol. The van der Waals surface area contributed by atoms with Crippen molar-refractivity contribution in [1.82, 2.24) is 14.9 Å². The Kier molecular flexibility index (Phi) is 8.01. The van der Waals surface area contributed by atoms with Crippen molar-refractivity contribution >= 4 is 23.2 Å². The second kappa shape index (κ2) is 10.2. The van der Waals surface area contributed by atoms with Gasteiger partial charge in [0.15, 0.2) is 11.6 Å². The standard InChI is InChI=1S/C23H32F3N3O3S/c1-13(30)27-12-22(31)29-16-5-6-17(29)8-15(7-16)21(28-33(32)23(2,3)4)10-14-9-19(25)20(26)11-18(14)24/h9,11,15-17,21,28H,5-8,10,12H2,1-4H3,(H,27,30)/t15?,16-,17+,21-,33?/m0/s1. The Morgan fingerprint density at radius 1 is 1.12 bits per heavy atom. The Labute approximate surface area is 196 Å². The van der Waals surface area contributed by atoms with E-state index in [9.17, 15) is 27.3 Å². The van der Waals surface area contributed by atoms with Crippen molar-refractivity contribution in [3.63, 3.8) is 0 Å². The molecular weight excluding hydrogens is 455 g/mol. The Morgan fingerprint density at radius 3 is 2.24 bits per heavy atom. The van der Waals surface area contributed by atoms with Crippen LogP contribution in [0.4, 0.5) is 13.2 Å². The summed E-state index contributed by atoms with van der Waals surface area (Å²) in [6.45, 7) is 6.76. The quantitative estimate of drug-likeness (QED) is 0.458. The maximum atomic E-state index is 14.4. The molecule has 0 aliphatic carbocycles. The zero-order valence-electron chi connectivity index (χ0n) is 19.4. The van der Waals surface area contributed by atoms with Gasteiger partial charge >= 0.3 is 0 Å². The summed E-state index contributed by atoms with van der Waals surface area (Å²) in [6, 6.07) is 0.893.